The molecule has 5 heteroatoms. The number of ether oxygens (including phenoxy) is 1. The maximum atomic E-state index is 12.5. The number of carbonyl (C=O) groups excluding carboxylic acids is 1. The first-order valence-electron chi connectivity index (χ1n) is 7.55. The van der Waals surface area contributed by atoms with E-state index < -0.39 is 6.10 Å². The van der Waals surface area contributed by atoms with E-state index >= 15 is 0 Å². The maximum absolute atomic E-state index is 12.5. The average molecular weight is 333 g/mol. The van der Waals surface area contributed by atoms with Gasteiger partial charge in [0, 0.05) is 17.1 Å². The highest BCUT2D eigenvalue weighted by Gasteiger charge is 2.22. The number of amides is 1. The van der Waals surface area contributed by atoms with Crippen LogP contribution < -0.4 is 15.8 Å². The van der Waals surface area contributed by atoms with Crippen molar-refractivity contribution in [2.24, 2.45) is 11.7 Å². The van der Waals surface area contributed by atoms with Crippen molar-refractivity contribution in [2.75, 3.05) is 13.1 Å². The molecule has 0 heterocycles. The van der Waals surface area contributed by atoms with Gasteiger partial charge < -0.3 is 15.8 Å². The standard InChI is InChI=1S/C18H21ClN2O2/c1-13(11-20)12-21-18(22)17(14-5-3-2-4-6-14)23-16-9-7-15(19)8-10-16/h2-10,13,17H,11-12,20H2,1H3,(H,21,22). The van der Waals surface area contributed by atoms with Crippen LogP contribution in [0.1, 0.15) is 18.6 Å². The van der Waals surface area contributed by atoms with Crippen molar-refractivity contribution >= 4 is 17.5 Å². The summed E-state index contributed by atoms with van der Waals surface area (Å²) in [4.78, 5) is 12.5. The Labute approximate surface area is 141 Å². The molecule has 3 N–H and O–H groups in total. The van der Waals surface area contributed by atoms with Gasteiger partial charge in [-0.05, 0) is 36.7 Å². The lowest BCUT2D eigenvalue weighted by Gasteiger charge is -2.20. The lowest BCUT2D eigenvalue weighted by molar-refractivity contribution is -0.128. The quantitative estimate of drug-likeness (QED) is 0.818. The van der Waals surface area contributed by atoms with Crippen LogP contribution in [0.3, 0.4) is 0 Å². The first-order valence-corrected chi connectivity index (χ1v) is 7.93. The Morgan fingerprint density at radius 3 is 2.43 bits per heavy atom. The highest BCUT2D eigenvalue weighted by Crippen LogP contribution is 2.23. The van der Waals surface area contributed by atoms with Crippen LogP contribution in [-0.2, 0) is 4.79 Å². The third-order valence-electron chi connectivity index (χ3n) is 3.44. The summed E-state index contributed by atoms with van der Waals surface area (Å²) in [5, 5.41) is 3.51. The molecule has 0 aliphatic heterocycles. The van der Waals surface area contributed by atoms with Gasteiger partial charge in [0.2, 0.25) is 6.10 Å². The molecule has 0 saturated carbocycles. The molecule has 2 aromatic rings. The Morgan fingerprint density at radius 1 is 1.17 bits per heavy atom. The fraction of sp³-hybridized carbons (Fsp3) is 0.278. The monoisotopic (exact) mass is 332 g/mol. The van der Waals surface area contributed by atoms with E-state index in [4.69, 9.17) is 22.1 Å². The molecule has 0 fully saturated rings. The summed E-state index contributed by atoms with van der Waals surface area (Å²) in [5.74, 6) is 0.614. The Morgan fingerprint density at radius 2 is 1.83 bits per heavy atom. The Balaban J connectivity index is 2.15. The molecule has 0 spiro atoms. The normalized spacial score (nSPS) is 13.2. The van der Waals surface area contributed by atoms with Crippen LogP contribution in [0.5, 0.6) is 5.75 Å². The second kappa shape index (κ2) is 8.56. The van der Waals surface area contributed by atoms with E-state index in [1.54, 1.807) is 24.3 Å². The van der Waals surface area contributed by atoms with Crippen LogP contribution in [0.25, 0.3) is 0 Å². The highest BCUT2D eigenvalue weighted by atomic mass is 35.5. The second-order valence-corrected chi connectivity index (χ2v) is 5.88. The number of hydrogen-bond acceptors (Lipinski definition) is 3. The zero-order chi connectivity index (χ0) is 16.7. The van der Waals surface area contributed by atoms with Gasteiger partial charge in [0.25, 0.3) is 5.91 Å². The lowest BCUT2D eigenvalue weighted by Crippen LogP contribution is -2.36. The molecule has 23 heavy (non-hydrogen) atoms. The van der Waals surface area contributed by atoms with Crippen LogP contribution in [-0.4, -0.2) is 19.0 Å². The Hall–Kier alpha value is -2.04. The number of hydrogen-bond donors (Lipinski definition) is 2. The molecule has 2 aromatic carbocycles. The van der Waals surface area contributed by atoms with Gasteiger partial charge in [-0.1, -0.05) is 48.9 Å². The predicted octanol–water partition coefficient (Wildman–Crippen LogP) is 3.17. The van der Waals surface area contributed by atoms with E-state index in [1.807, 2.05) is 37.3 Å². The first-order chi connectivity index (χ1) is 11.1. The minimum atomic E-state index is -0.720. The topological polar surface area (TPSA) is 64.3 Å². The molecule has 0 saturated heterocycles. The third-order valence-corrected chi connectivity index (χ3v) is 3.69. The van der Waals surface area contributed by atoms with E-state index in [0.29, 0.717) is 23.9 Å². The average Bonchev–Trinajstić information content (AvgIpc) is 2.59. The molecular weight excluding hydrogens is 312 g/mol. The van der Waals surface area contributed by atoms with E-state index in [2.05, 4.69) is 5.32 Å². The lowest BCUT2D eigenvalue weighted by atomic mass is 10.1. The molecular formula is C18H21ClN2O2. The van der Waals surface area contributed by atoms with E-state index in [9.17, 15) is 4.79 Å². The van der Waals surface area contributed by atoms with Gasteiger partial charge in [-0.2, -0.15) is 0 Å². The van der Waals surface area contributed by atoms with E-state index in [0.717, 1.165) is 5.56 Å². The van der Waals surface area contributed by atoms with Crippen LogP contribution in [0.4, 0.5) is 0 Å². The van der Waals surface area contributed by atoms with Crippen LogP contribution in [0.2, 0.25) is 5.02 Å². The summed E-state index contributed by atoms with van der Waals surface area (Å²) < 4.78 is 5.88. The molecule has 122 valence electrons. The zero-order valence-electron chi connectivity index (χ0n) is 13.0. The summed E-state index contributed by atoms with van der Waals surface area (Å²) >= 11 is 5.88. The molecule has 0 aliphatic rings. The van der Waals surface area contributed by atoms with Crippen LogP contribution >= 0.6 is 11.6 Å². The molecule has 0 aliphatic carbocycles. The molecule has 0 aromatic heterocycles. The van der Waals surface area contributed by atoms with Gasteiger partial charge in [-0.15, -0.1) is 0 Å². The number of nitrogens with one attached hydrogen (secondary N) is 1. The zero-order valence-corrected chi connectivity index (χ0v) is 13.8. The molecule has 0 radical (unpaired) electrons. The summed E-state index contributed by atoms with van der Waals surface area (Å²) in [6, 6.07) is 16.3. The van der Waals surface area contributed by atoms with Crippen molar-refractivity contribution in [3.05, 3.63) is 65.2 Å². The molecule has 1 amide bonds. The summed E-state index contributed by atoms with van der Waals surface area (Å²) in [6.45, 7) is 3.02. The number of rotatable bonds is 7. The van der Waals surface area contributed by atoms with Gasteiger partial charge in [0.1, 0.15) is 5.75 Å². The van der Waals surface area contributed by atoms with Gasteiger partial charge in [0.15, 0.2) is 0 Å². The SMILES string of the molecule is CC(CN)CNC(=O)C(Oc1ccc(Cl)cc1)c1ccccc1. The molecule has 2 unspecified atom stereocenters. The number of benzene rings is 2. The maximum Gasteiger partial charge on any atom is 0.265 e. The van der Waals surface area contributed by atoms with Crippen molar-refractivity contribution in [3.63, 3.8) is 0 Å². The molecule has 2 atom stereocenters. The van der Waals surface area contributed by atoms with E-state index in [-0.39, 0.29) is 11.8 Å². The number of nitrogens with two attached hydrogens (primary N) is 1. The summed E-state index contributed by atoms with van der Waals surface area (Å²) in [6.07, 6.45) is -0.720. The van der Waals surface area contributed by atoms with Gasteiger partial charge >= 0.3 is 0 Å². The van der Waals surface area contributed by atoms with Crippen molar-refractivity contribution < 1.29 is 9.53 Å². The second-order valence-electron chi connectivity index (χ2n) is 5.45. The summed E-state index contributed by atoms with van der Waals surface area (Å²) in [7, 11) is 0. The minimum absolute atomic E-state index is 0.188. The third kappa shape index (κ3) is 5.27. The highest BCUT2D eigenvalue weighted by molar-refractivity contribution is 6.30. The molecule has 0 bridgehead atoms. The fourth-order valence-electron chi connectivity index (χ4n) is 2.00. The van der Waals surface area contributed by atoms with Crippen molar-refractivity contribution in [3.8, 4) is 5.75 Å². The molecule has 2 rings (SSSR count). The van der Waals surface area contributed by atoms with Crippen LogP contribution in [0, 0.1) is 5.92 Å². The Bertz CT molecular complexity index is 617. The van der Waals surface area contributed by atoms with Crippen LogP contribution in [0.15, 0.2) is 54.6 Å². The van der Waals surface area contributed by atoms with Crippen molar-refractivity contribution in [1.29, 1.82) is 0 Å². The first kappa shape index (κ1) is 17.3. The predicted molar refractivity (Wildman–Crippen MR) is 92.5 cm³/mol. The minimum Gasteiger partial charge on any atom is -0.476 e. The Kier molecular flexibility index (Phi) is 6.44. The number of halogens is 1. The smallest absolute Gasteiger partial charge is 0.265 e. The summed E-state index contributed by atoms with van der Waals surface area (Å²) in [5.41, 5.74) is 6.38. The van der Waals surface area contributed by atoms with E-state index in [1.165, 1.54) is 0 Å². The fourth-order valence-corrected chi connectivity index (χ4v) is 2.13. The molecule has 4 nitrogen and oxygen atoms in total. The van der Waals surface area contributed by atoms with Gasteiger partial charge in [-0.25, -0.2) is 0 Å². The van der Waals surface area contributed by atoms with Gasteiger partial charge in [0.05, 0.1) is 0 Å². The van der Waals surface area contributed by atoms with Crippen molar-refractivity contribution in [1.82, 2.24) is 5.32 Å². The largest absolute Gasteiger partial charge is 0.476 e. The number of carbonyl (C=O) groups is 1. The van der Waals surface area contributed by atoms with Crippen molar-refractivity contribution in [2.45, 2.75) is 13.0 Å². The van der Waals surface area contributed by atoms with Gasteiger partial charge in [-0.3, -0.25) is 4.79 Å².